The van der Waals surface area contributed by atoms with Crippen molar-refractivity contribution in [2.24, 2.45) is 11.8 Å². The van der Waals surface area contributed by atoms with E-state index in [1.54, 1.807) is 0 Å². The molecule has 1 aromatic rings. The zero-order valence-electron chi connectivity index (χ0n) is 10.3. The third-order valence-corrected chi connectivity index (χ3v) is 4.04. The van der Waals surface area contributed by atoms with Gasteiger partial charge >= 0.3 is 0 Å². The molecular weight excluding hydrogens is 196 g/mol. The van der Waals surface area contributed by atoms with E-state index in [4.69, 9.17) is 0 Å². The van der Waals surface area contributed by atoms with Crippen molar-refractivity contribution in [2.75, 3.05) is 0 Å². The first-order valence-electron chi connectivity index (χ1n) is 6.43. The summed E-state index contributed by atoms with van der Waals surface area (Å²) in [6.07, 6.45) is 7.83. The Hall–Kier alpha value is -0.890. The van der Waals surface area contributed by atoms with E-state index < -0.39 is 0 Å². The SMILES string of the molecule is CCC1CCC(NCc2cccnc2)C1C. The van der Waals surface area contributed by atoms with Gasteiger partial charge in [0.05, 0.1) is 0 Å². The van der Waals surface area contributed by atoms with Crippen LogP contribution in [0.3, 0.4) is 0 Å². The molecule has 1 N–H and O–H groups in total. The number of rotatable bonds is 4. The van der Waals surface area contributed by atoms with Gasteiger partial charge in [-0.1, -0.05) is 26.3 Å². The van der Waals surface area contributed by atoms with Gasteiger partial charge in [0.2, 0.25) is 0 Å². The number of pyridine rings is 1. The minimum absolute atomic E-state index is 0.699. The normalized spacial score (nSPS) is 29.5. The second-order valence-corrected chi connectivity index (χ2v) is 4.95. The lowest BCUT2D eigenvalue weighted by Crippen LogP contribution is -2.32. The molecule has 1 aromatic heterocycles. The molecule has 88 valence electrons. The molecular formula is C14H22N2. The van der Waals surface area contributed by atoms with Crippen LogP contribution in [-0.2, 0) is 6.54 Å². The molecule has 1 saturated carbocycles. The highest BCUT2D eigenvalue weighted by Gasteiger charge is 2.30. The molecule has 1 aliphatic carbocycles. The first-order valence-corrected chi connectivity index (χ1v) is 6.43. The fraction of sp³-hybridized carbons (Fsp3) is 0.643. The molecule has 1 aliphatic rings. The Labute approximate surface area is 98.5 Å². The largest absolute Gasteiger partial charge is 0.310 e. The molecule has 0 amide bonds. The number of hydrogen-bond donors (Lipinski definition) is 1. The molecule has 0 spiro atoms. The van der Waals surface area contributed by atoms with Crippen LogP contribution in [0.2, 0.25) is 0 Å². The zero-order chi connectivity index (χ0) is 11.4. The van der Waals surface area contributed by atoms with Gasteiger partial charge in [-0.25, -0.2) is 0 Å². The van der Waals surface area contributed by atoms with E-state index in [0.717, 1.165) is 18.4 Å². The fourth-order valence-electron chi connectivity index (χ4n) is 2.86. The first kappa shape index (κ1) is 11.6. The van der Waals surface area contributed by atoms with Gasteiger partial charge in [-0.2, -0.15) is 0 Å². The van der Waals surface area contributed by atoms with E-state index in [9.17, 15) is 0 Å². The van der Waals surface area contributed by atoms with E-state index in [1.807, 2.05) is 18.5 Å². The standard InChI is InChI=1S/C14H22N2/c1-3-13-6-7-14(11(13)2)16-10-12-5-4-8-15-9-12/h4-5,8-9,11,13-14,16H,3,6-7,10H2,1-2H3. The van der Waals surface area contributed by atoms with E-state index in [0.29, 0.717) is 6.04 Å². The maximum absolute atomic E-state index is 4.14. The molecule has 16 heavy (non-hydrogen) atoms. The van der Waals surface area contributed by atoms with Crippen LogP contribution in [0.5, 0.6) is 0 Å². The lowest BCUT2D eigenvalue weighted by atomic mass is 9.93. The topological polar surface area (TPSA) is 24.9 Å². The third kappa shape index (κ3) is 2.62. The van der Waals surface area contributed by atoms with Crippen molar-refractivity contribution in [1.82, 2.24) is 10.3 Å². The fourth-order valence-corrected chi connectivity index (χ4v) is 2.86. The van der Waals surface area contributed by atoms with E-state index in [1.165, 1.54) is 24.8 Å². The van der Waals surface area contributed by atoms with E-state index in [-0.39, 0.29) is 0 Å². The Morgan fingerprint density at radius 3 is 2.94 bits per heavy atom. The summed E-state index contributed by atoms with van der Waals surface area (Å²) in [5, 5.41) is 3.67. The van der Waals surface area contributed by atoms with Gasteiger partial charge in [0.1, 0.15) is 0 Å². The lowest BCUT2D eigenvalue weighted by molar-refractivity contribution is 0.344. The summed E-state index contributed by atoms with van der Waals surface area (Å²) >= 11 is 0. The lowest BCUT2D eigenvalue weighted by Gasteiger charge is -2.21. The Bertz CT molecular complexity index is 310. The molecule has 0 aromatic carbocycles. The van der Waals surface area contributed by atoms with Crippen LogP contribution < -0.4 is 5.32 Å². The zero-order valence-corrected chi connectivity index (χ0v) is 10.3. The summed E-state index contributed by atoms with van der Waals surface area (Å²) in [5.74, 6) is 1.74. The highest BCUT2D eigenvalue weighted by atomic mass is 14.9. The first-order chi connectivity index (χ1) is 7.81. The Morgan fingerprint density at radius 1 is 1.44 bits per heavy atom. The van der Waals surface area contributed by atoms with Gasteiger partial charge < -0.3 is 5.32 Å². The van der Waals surface area contributed by atoms with Crippen LogP contribution in [0, 0.1) is 11.8 Å². The van der Waals surface area contributed by atoms with Crippen molar-refractivity contribution in [3.05, 3.63) is 30.1 Å². The Balaban J connectivity index is 1.83. The molecule has 3 unspecified atom stereocenters. The Morgan fingerprint density at radius 2 is 2.31 bits per heavy atom. The van der Waals surface area contributed by atoms with E-state index in [2.05, 4.69) is 30.2 Å². The molecule has 1 heterocycles. The second-order valence-electron chi connectivity index (χ2n) is 4.95. The van der Waals surface area contributed by atoms with Crippen molar-refractivity contribution in [3.8, 4) is 0 Å². The molecule has 3 atom stereocenters. The highest BCUT2D eigenvalue weighted by molar-refractivity contribution is 5.08. The molecule has 0 saturated heterocycles. The monoisotopic (exact) mass is 218 g/mol. The van der Waals surface area contributed by atoms with Gasteiger partial charge in [-0.3, -0.25) is 4.98 Å². The maximum Gasteiger partial charge on any atom is 0.0312 e. The van der Waals surface area contributed by atoms with Crippen LogP contribution in [0.15, 0.2) is 24.5 Å². The minimum atomic E-state index is 0.699. The van der Waals surface area contributed by atoms with Crippen LogP contribution >= 0.6 is 0 Å². The van der Waals surface area contributed by atoms with Gasteiger partial charge in [-0.05, 0) is 36.3 Å². The molecule has 2 nitrogen and oxygen atoms in total. The molecule has 2 heteroatoms. The van der Waals surface area contributed by atoms with Crippen molar-refractivity contribution >= 4 is 0 Å². The van der Waals surface area contributed by atoms with Crippen LogP contribution in [0.4, 0.5) is 0 Å². The van der Waals surface area contributed by atoms with Crippen LogP contribution in [-0.4, -0.2) is 11.0 Å². The predicted octanol–water partition coefficient (Wildman–Crippen LogP) is 3.00. The number of nitrogens with one attached hydrogen (secondary N) is 1. The average molecular weight is 218 g/mol. The van der Waals surface area contributed by atoms with Crippen molar-refractivity contribution in [1.29, 1.82) is 0 Å². The number of hydrogen-bond acceptors (Lipinski definition) is 2. The summed E-state index contributed by atoms with van der Waals surface area (Å²) < 4.78 is 0. The van der Waals surface area contributed by atoms with Crippen molar-refractivity contribution in [3.63, 3.8) is 0 Å². The van der Waals surface area contributed by atoms with Crippen molar-refractivity contribution < 1.29 is 0 Å². The summed E-state index contributed by atoms with van der Waals surface area (Å²) in [4.78, 5) is 4.14. The van der Waals surface area contributed by atoms with Gasteiger partial charge in [0.25, 0.3) is 0 Å². The van der Waals surface area contributed by atoms with Crippen LogP contribution in [0.25, 0.3) is 0 Å². The van der Waals surface area contributed by atoms with E-state index >= 15 is 0 Å². The van der Waals surface area contributed by atoms with Crippen molar-refractivity contribution in [2.45, 2.75) is 45.7 Å². The van der Waals surface area contributed by atoms with Gasteiger partial charge in [0, 0.05) is 25.0 Å². The maximum atomic E-state index is 4.14. The van der Waals surface area contributed by atoms with Gasteiger partial charge in [0.15, 0.2) is 0 Å². The molecule has 0 aliphatic heterocycles. The summed E-state index contributed by atoms with van der Waals surface area (Å²) in [6.45, 7) is 5.66. The smallest absolute Gasteiger partial charge is 0.0312 e. The highest BCUT2D eigenvalue weighted by Crippen LogP contribution is 2.33. The second kappa shape index (κ2) is 5.44. The summed E-state index contributed by atoms with van der Waals surface area (Å²) in [5.41, 5.74) is 1.29. The number of aromatic nitrogens is 1. The summed E-state index contributed by atoms with van der Waals surface area (Å²) in [7, 11) is 0. The number of nitrogens with zero attached hydrogens (tertiary/aromatic N) is 1. The van der Waals surface area contributed by atoms with Crippen LogP contribution in [0.1, 0.15) is 38.7 Å². The predicted molar refractivity (Wildman–Crippen MR) is 67.0 cm³/mol. The minimum Gasteiger partial charge on any atom is -0.310 e. The molecule has 2 rings (SSSR count). The van der Waals surface area contributed by atoms with Gasteiger partial charge in [-0.15, -0.1) is 0 Å². The molecule has 0 radical (unpaired) electrons. The third-order valence-electron chi connectivity index (χ3n) is 4.04. The summed E-state index contributed by atoms with van der Waals surface area (Å²) in [6, 6.07) is 4.84. The Kier molecular flexibility index (Phi) is 3.94. The quantitative estimate of drug-likeness (QED) is 0.840. The molecule has 1 fully saturated rings. The molecule has 0 bridgehead atoms. The average Bonchev–Trinajstić information content (AvgIpc) is 2.69.